The first-order valence-corrected chi connectivity index (χ1v) is 6.89. The molecular weight excluding hydrogens is 268 g/mol. The summed E-state index contributed by atoms with van der Waals surface area (Å²) >= 11 is 0. The predicted octanol–water partition coefficient (Wildman–Crippen LogP) is 1.79. The largest absolute Gasteiger partial charge is 0.481 e. The van der Waals surface area contributed by atoms with Crippen molar-refractivity contribution >= 4 is 12.0 Å². The van der Waals surface area contributed by atoms with Crippen molar-refractivity contribution in [2.45, 2.75) is 31.8 Å². The Morgan fingerprint density at radius 1 is 1.52 bits per heavy atom. The number of aliphatic carboxylic acids is 1. The molecule has 2 N–H and O–H groups in total. The quantitative estimate of drug-likeness (QED) is 0.832. The van der Waals surface area contributed by atoms with Crippen molar-refractivity contribution in [3.63, 3.8) is 0 Å². The van der Waals surface area contributed by atoms with Gasteiger partial charge in [0, 0.05) is 13.1 Å². The van der Waals surface area contributed by atoms with E-state index in [0.717, 1.165) is 11.1 Å². The highest BCUT2D eigenvalue weighted by Crippen LogP contribution is 2.28. The molecule has 2 unspecified atom stereocenters. The van der Waals surface area contributed by atoms with E-state index in [-0.39, 0.29) is 18.6 Å². The summed E-state index contributed by atoms with van der Waals surface area (Å²) in [5.74, 6) is 0.871. The number of carbonyl (C=O) groups excluding carboxylic acids is 1. The number of terminal acetylenes is 1. The molecule has 0 fully saturated rings. The van der Waals surface area contributed by atoms with Crippen LogP contribution in [0.4, 0.5) is 4.79 Å². The number of benzene rings is 1. The zero-order valence-electron chi connectivity index (χ0n) is 11.9. The van der Waals surface area contributed by atoms with Crippen LogP contribution in [-0.2, 0) is 11.3 Å². The molecule has 110 valence electrons. The topological polar surface area (TPSA) is 69.6 Å². The number of amides is 2. The van der Waals surface area contributed by atoms with Crippen molar-refractivity contribution in [1.29, 1.82) is 0 Å². The molecule has 0 spiro atoms. The molecule has 21 heavy (non-hydrogen) atoms. The molecule has 5 heteroatoms. The van der Waals surface area contributed by atoms with Crippen LogP contribution in [0, 0.1) is 12.3 Å². The van der Waals surface area contributed by atoms with Crippen LogP contribution in [0.1, 0.15) is 30.4 Å². The number of rotatable bonds is 3. The van der Waals surface area contributed by atoms with Crippen LogP contribution in [0.5, 0.6) is 0 Å². The molecule has 2 rings (SSSR count). The third-order valence-electron chi connectivity index (χ3n) is 3.69. The van der Waals surface area contributed by atoms with Gasteiger partial charge in [0.1, 0.15) is 0 Å². The van der Waals surface area contributed by atoms with Crippen molar-refractivity contribution in [2.24, 2.45) is 0 Å². The van der Waals surface area contributed by atoms with Crippen molar-refractivity contribution in [3.05, 3.63) is 35.4 Å². The molecule has 0 aliphatic carbocycles. The number of carboxylic acid groups (broad SMARTS) is 1. The Kier molecular flexibility index (Phi) is 4.49. The number of carboxylic acids is 1. The van der Waals surface area contributed by atoms with E-state index >= 15 is 0 Å². The highest BCUT2D eigenvalue weighted by Gasteiger charge is 2.32. The summed E-state index contributed by atoms with van der Waals surface area (Å²) in [4.78, 5) is 25.2. The molecule has 0 saturated heterocycles. The number of carbonyl (C=O) groups is 2. The molecule has 5 nitrogen and oxygen atoms in total. The molecule has 0 aromatic heterocycles. The number of nitrogens with zero attached hydrogens (tertiary/aromatic N) is 1. The van der Waals surface area contributed by atoms with Crippen molar-refractivity contribution in [3.8, 4) is 12.3 Å². The van der Waals surface area contributed by atoms with Gasteiger partial charge in [-0.1, -0.05) is 37.1 Å². The summed E-state index contributed by atoms with van der Waals surface area (Å²) in [6, 6.07) is 6.66. The monoisotopic (exact) mass is 286 g/mol. The summed E-state index contributed by atoms with van der Waals surface area (Å²) in [5, 5.41) is 12.1. The van der Waals surface area contributed by atoms with E-state index in [1.807, 2.05) is 25.1 Å². The maximum atomic E-state index is 12.2. The van der Waals surface area contributed by atoms with Gasteiger partial charge in [0.05, 0.1) is 12.0 Å². The highest BCUT2D eigenvalue weighted by molar-refractivity contribution is 5.81. The number of urea groups is 1. The van der Waals surface area contributed by atoms with E-state index in [9.17, 15) is 14.7 Å². The van der Waals surface area contributed by atoms with Gasteiger partial charge in [0.15, 0.2) is 0 Å². The summed E-state index contributed by atoms with van der Waals surface area (Å²) in [6.45, 7) is 2.43. The molecular formula is C16H18N2O3. The lowest BCUT2D eigenvalue weighted by Crippen LogP contribution is -2.48. The Balaban J connectivity index is 2.20. The minimum atomic E-state index is -0.927. The Bertz CT molecular complexity index is 591. The third-order valence-corrected chi connectivity index (χ3v) is 3.69. The first-order valence-electron chi connectivity index (χ1n) is 6.89. The second-order valence-corrected chi connectivity index (χ2v) is 5.05. The van der Waals surface area contributed by atoms with E-state index in [1.54, 1.807) is 6.07 Å². The Morgan fingerprint density at radius 2 is 2.24 bits per heavy atom. The zero-order valence-corrected chi connectivity index (χ0v) is 11.9. The fourth-order valence-corrected chi connectivity index (χ4v) is 2.47. The molecule has 1 aromatic carbocycles. The molecule has 1 aliphatic rings. The number of nitrogens with one attached hydrogen (secondary N) is 1. The SMILES string of the molecule is C#CC(CC)NC(=O)N1Cc2ccccc2C(C(=O)O)C1. The van der Waals surface area contributed by atoms with Crippen LogP contribution >= 0.6 is 0 Å². The maximum absolute atomic E-state index is 12.2. The minimum Gasteiger partial charge on any atom is -0.481 e. The third kappa shape index (κ3) is 3.16. The van der Waals surface area contributed by atoms with Gasteiger partial charge >= 0.3 is 12.0 Å². The fourth-order valence-electron chi connectivity index (χ4n) is 2.47. The van der Waals surface area contributed by atoms with Gasteiger partial charge in [-0.2, -0.15) is 0 Å². The maximum Gasteiger partial charge on any atom is 0.318 e. The first-order chi connectivity index (χ1) is 10.1. The molecule has 1 aromatic rings. The molecule has 1 aliphatic heterocycles. The van der Waals surface area contributed by atoms with E-state index in [1.165, 1.54) is 4.90 Å². The average Bonchev–Trinajstić information content (AvgIpc) is 2.51. The predicted molar refractivity (Wildman–Crippen MR) is 78.7 cm³/mol. The van der Waals surface area contributed by atoms with Gasteiger partial charge in [0.25, 0.3) is 0 Å². The van der Waals surface area contributed by atoms with E-state index in [2.05, 4.69) is 11.2 Å². The summed E-state index contributed by atoms with van der Waals surface area (Å²) in [6.07, 6.45) is 5.97. The second-order valence-electron chi connectivity index (χ2n) is 5.05. The van der Waals surface area contributed by atoms with Gasteiger partial charge in [-0.15, -0.1) is 6.42 Å². The molecule has 1 heterocycles. The second kappa shape index (κ2) is 6.31. The van der Waals surface area contributed by atoms with Crippen LogP contribution < -0.4 is 5.32 Å². The molecule has 0 saturated carbocycles. The van der Waals surface area contributed by atoms with Gasteiger partial charge in [-0.05, 0) is 17.5 Å². The summed E-state index contributed by atoms with van der Waals surface area (Å²) in [7, 11) is 0. The van der Waals surface area contributed by atoms with Gasteiger partial charge in [-0.25, -0.2) is 4.79 Å². The van der Waals surface area contributed by atoms with Crippen LogP contribution in [0.25, 0.3) is 0 Å². The van der Waals surface area contributed by atoms with Crippen LogP contribution in [0.2, 0.25) is 0 Å². The average molecular weight is 286 g/mol. The van der Waals surface area contributed by atoms with E-state index < -0.39 is 11.9 Å². The lowest BCUT2D eigenvalue weighted by molar-refractivity contribution is -0.139. The van der Waals surface area contributed by atoms with Gasteiger partial charge < -0.3 is 15.3 Å². The minimum absolute atomic E-state index is 0.152. The first kappa shape index (κ1) is 14.9. The molecule has 2 atom stereocenters. The van der Waals surface area contributed by atoms with Crippen molar-refractivity contribution in [1.82, 2.24) is 10.2 Å². The zero-order chi connectivity index (χ0) is 15.4. The summed E-state index contributed by atoms with van der Waals surface area (Å²) < 4.78 is 0. The molecule has 0 bridgehead atoms. The normalized spacial score (nSPS) is 18.3. The number of hydrogen-bond donors (Lipinski definition) is 2. The smallest absolute Gasteiger partial charge is 0.318 e. The fraction of sp³-hybridized carbons (Fsp3) is 0.375. The van der Waals surface area contributed by atoms with Crippen LogP contribution in [0.15, 0.2) is 24.3 Å². The van der Waals surface area contributed by atoms with Crippen LogP contribution in [-0.4, -0.2) is 34.6 Å². The Morgan fingerprint density at radius 3 is 2.86 bits per heavy atom. The summed E-state index contributed by atoms with van der Waals surface area (Å²) in [5.41, 5.74) is 1.64. The number of hydrogen-bond acceptors (Lipinski definition) is 2. The molecule has 2 amide bonds. The van der Waals surface area contributed by atoms with Gasteiger partial charge in [-0.3, -0.25) is 4.79 Å². The van der Waals surface area contributed by atoms with Gasteiger partial charge in [0.2, 0.25) is 0 Å². The number of fused-ring (bicyclic) bond motifs is 1. The van der Waals surface area contributed by atoms with Crippen LogP contribution in [0.3, 0.4) is 0 Å². The van der Waals surface area contributed by atoms with E-state index in [4.69, 9.17) is 6.42 Å². The standard InChI is InChI=1S/C16H18N2O3/c1-3-12(4-2)17-16(21)18-9-11-7-5-6-8-13(11)14(10-18)15(19)20/h1,5-8,12,14H,4,9-10H2,2H3,(H,17,21)(H,19,20). The molecule has 0 radical (unpaired) electrons. The van der Waals surface area contributed by atoms with E-state index in [0.29, 0.717) is 13.0 Å². The Hall–Kier alpha value is -2.48. The van der Waals surface area contributed by atoms with Crippen molar-refractivity contribution < 1.29 is 14.7 Å². The highest BCUT2D eigenvalue weighted by atomic mass is 16.4. The van der Waals surface area contributed by atoms with Crippen molar-refractivity contribution in [2.75, 3.05) is 6.54 Å². The lowest BCUT2D eigenvalue weighted by atomic mass is 9.90. The lowest BCUT2D eigenvalue weighted by Gasteiger charge is -2.33. The Labute approximate surface area is 124 Å².